The zero-order chi connectivity index (χ0) is 10.7. The Kier molecular flexibility index (Phi) is 4.00. The van der Waals surface area contributed by atoms with Crippen LogP contribution >= 0.6 is 0 Å². The highest BCUT2D eigenvalue weighted by Gasteiger charge is 2.26. The van der Waals surface area contributed by atoms with E-state index < -0.39 is 0 Å². The highest BCUT2D eigenvalue weighted by atomic mass is 16.5. The Morgan fingerprint density at radius 1 is 1.40 bits per heavy atom. The summed E-state index contributed by atoms with van der Waals surface area (Å²) in [6.07, 6.45) is 4.97. The predicted molar refractivity (Wildman–Crippen MR) is 59.8 cm³/mol. The fraction of sp³-hybridized carbons (Fsp3) is 1.00. The van der Waals surface area contributed by atoms with Crippen LogP contribution in [-0.4, -0.2) is 48.5 Å². The molecular formula is C12H23NO2. The molecule has 2 rings (SSSR count). The van der Waals surface area contributed by atoms with Gasteiger partial charge in [0.2, 0.25) is 0 Å². The Bertz CT molecular complexity index is 198. The molecule has 2 fully saturated rings. The van der Waals surface area contributed by atoms with E-state index in [1.165, 1.54) is 12.8 Å². The summed E-state index contributed by atoms with van der Waals surface area (Å²) in [5.74, 6) is 0.558. The second-order valence-corrected chi connectivity index (χ2v) is 5.03. The number of aliphatic hydroxyl groups is 1. The molecule has 3 nitrogen and oxygen atoms in total. The van der Waals surface area contributed by atoms with Gasteiger partial charge in [0.05, 0.1) is 18.8 Å². The molecule has 0 spiro atoms. The molecule has 0 aromatic heterocycles. The molecular weight excluding hydrogens is 190 g/mol. The number of hydrogen-bond acceptors (Lipinski definition) is 3. The van der Waals surface area contributed by atoms with E-state index in [0.717, 1.165) is 39.1 Å². The number of ether oxygens (including phenoxy) is 1. The van der Waals surface area contributed by atoms with Crippen LogP contribution in [0.5, 0.6) is 0 Å². The molecule has 1 saturated carbocycles. The molecule has 0 bridgehead atoms. The van der Waals surface area contributed by atoms with E-state index in [1.54, 1.807) is 0 Å². The van der Waals surface area contributed by atoms with Gasteiger partial charge in [-0.05, 0) is 38.6 Å². The minimum atomic E-state index is -0.0246. The first-order valence-corrected chi connectivity index (χ1v) is 6.27. The van der Waals surface area contributed by atoms with Crippen LogP contribution in [0.2, 0.25) is 0 Å². The summed E-state index contributed by atoms with van der Waals surface area (Å²) >= 11 is 0. The summed E-state index contributed by atoms with van der Waals surface area (Å²) in [4.78, 5) is 2.47. The molecule has 3 unspecified atom stereocenters. The fourth-order valence-corrected chi connectivity index (χ4v) is 2.80. The quantitative estimate of drug-likeness (QED) is 0.766. The number of morpholine rings is 1. The van der Waals surface area contributed by atoms with Crippen molar-refractivity contribution in [1.29, 1.82) is 0 Å². The standard InChI is InChI=1S/C12H23NO2/c1-10-9-13(7-8-15-10)6-5-11-3-2-4-12(11)14/h10-12,14H,2-9H2,1H3. The molecule has 0 amide bonds. The number of aliphatic hydroxyl groups excluding tert-OH is 1. The molecule has 3 atom stereocenters. The van der Waals surface area contributed by atoms with Crippen LogP contribution in [0.25, 0.3) is 0 Å². The second kappa shape index (κ2) is 5.28. The Balaban J connectivity index is 1.68. The third kappa shape index (κ3) is 3.16. The van der Waals surface area contributed by atoms with Crippen molar-refractivity contribution in [2.45, 2.75) is 44.8 Å². The van der Waals surface area contributed by atoms with Gasteiger partial charge in [0.1, 0.15) is 0 Å². The summed E-state index contributed by atoms with van der Waals surface area (Å²) in [5.41, 5.74) is 0. The first-order valence-electron chi connectivity index (χ1n) is 6.27. The smallest absolute Gasteiger partial charge is 0.0674 e. The van der Waals surface area contributed by atoms with Gasteiger partial charge in [-0.15, -0.1) is 0 Å². The van der Waals surface area contributed by atoms with Crippen LogP contribution in [0, 0.1) is 5.92 Å². The van der Waals surface area contributed by atoms with E-state index in [9.17, 15) is 5.11 Å². The van der Waals surface area contributed by atoms with Crippen molar-refractivity contribution in [2.24, 2.45) is 5.92 Å². The molecule has 2 aliphatic rings. The molecule has 0 aromatic rings. The average Bonchev–Trinajstić information content (AvgIpc) is 2.61. The lowest BCUT2D eigenvalue weighted by Gasteiger charge is -2.32. The highest BCUT2D eigenvalue weighted by Crippen LogP contribution is 2.28. The van der Waals surface area contributed by atoms with Gasteiger partial charge >= 0.3 is 0 Å². The van der Waals surface area contributed by atoms with Crippen LogP contribution < -0.4 is 0 Å². The maximum atomic E-state index is 9.73. The van der Waals surface area contributed by atoms with Gasteiger partial charge in [-0.25, -0.2) is 0 Å². The van der Waals surface area contributed by atoms with Gasteiger partial charge in [0.25, 0.3) is 0 Å². The normalized spacial score (nSPS) is 38.4. The summed E-state index contributed by atoms with van der Waals surface area (Å²) in [5, 5.41) is 9.73. The fourth-order valence-electron chi connectivity index (χ4n) is 2.80. The van der Waals surface area contributed by atoms with E-state index in [0.29, 0.717) is 12.0 Å². The van der Waals surface area contributed by atoms with Crippen molar-refractivity contribution in [2.75, 3.05) is 26.2 Å². The Hall–Kier alpha value is -0.120. The van der Waals surface area contributed by atoms with Crippen molar-refractivity contribution < 1.29 is 9.84 Å². The maximum Gasteiger partial charge on any atom is 0.0674 e. The van der Waals surface area contributed by atoms with Gasteiger partial charge in [-0.2, -0.15) is 0 Å². The molecule has 1 aliphatic carbocycles. The minimum Gasteiger partial charge on any atom is -0.393 e. The number of nitrogens with zero attached hydrogens (tertiary/aromatic N) is 1. The molecule has 3 heteroatoms. The third-order valence-electron chi connectivity index (χ3n) is 3.76. The van der Waals surface area contributed by atoms with Crippen molar-refractivity contribution in [3.05, 3.63) is 0 Å². The van der Waals surface area contributed by atoms with Crippen molar-refractivity contribution in [3.8, 4) is 0 Å². The van der Waals surface area contributed by atoms with E-state index in [2.05, 4.69) is 11.8 Å². The van der Waals surface area contributed by atoms with Crippen LogP contribution in [0.1, 0.15) is 32.6 Å². The Labute approximate surface area is 92.4 Å². The lowest BCUT2D eigenvalue weighted by atomic mass is 10.0. The first kappa shape index (κ1) is 11.4. The molecule has 1 aliphatic heterocycles. The Morgan fingerprint density at radius 3 is 2.93 bits per heavy atom. The number of hydrogen-bond donors (Lipinski definition) is 1. The lowest BCUT2D eigenvalue weighted by molar-refractivity contribution is -0.0212. The third-order valence-corrected chi connectivity index (χ3v) is 3.76. The highest BCUT2D eigenvalue weighted by molar-refractivity contribution is 4.78. The molecule has 0 radical (unpaired) electrons. The molecule has 88 valence electrons. The van der Waals surface area contributed by atoms with E-state index in [-0.39, 0.29) is 6.10 Å². The van der Waals surface area contributed by atoms with E-state index >= 15 is 0 Å². The second-order valence-electron chi connectivity index (χ2n) is 5.03. The number of rotatable bonds is 3. The van der Waals surface area contributed by atoms with Crippen LogP contribution in [0.3, 0.4) is 0 Å². The van der Waals surface area contributed by atoms with Crippen molar-refractivity contribution in [1.82, 2.24) is 4.90 Å². The van der Waals surface area contributed by atoms with Gasteiger partial charge in [0.15, 0.2) is 0 Å². The Morgan fingerprint density at radius 2 is 2.27 bits per heavy atom. The topological polar surface area (TPSA) is 32.7 Å². The van der Waals surface area contributed by atoms with Crippen LogP contribution in [-0.2, 0) is 4.74 Å². The average molecular weight is 213 g/mol. The molecule has 0 aromatic carbocycles. The van der Waals surface area contributed by atoms with Crippen LogP contribution in [0.15, 0.2) is 0 Å². The van der Waals surface area contributed by atoms with E-state index in [1.807, 2.05) is 0 Å². The molecule has 15 heavy (non-hydrogen) atoms. The predicted octanol–water partition coefficient (Wildman–Crippen LogP) is 1.26. The van der Waals surface area contributed by atoms with Gasteiger partial charge in [-0.1, -0.05) is 6.42 Å². The van der Waals surface area contributed by atoms with E-state index in [4.69, 9.17) is 4.74 Å². The zero-order valence-corrected chi connectivity index (χ0v) is 9.69. The van der Waals surface area contributed by atoms with Crippen molar-refractivity contribution >= 4 is 0 Å². The SMILES string of the molecule is CC1CN(CCC2CCCC2O)CCO1. The molecule has 1 N–H and O–H groups in total. The molecule has 1 saturated heterocycles. The zero-order valence-electron chi connectivity index (χ0n) is 9.69. The van der Waals surface area contributed by atoms with Gasteiger partial charge in [-0.3, -0.25) is 4.90 Å². The summed E-state index contributed by atoms with van der Waals surface area (Å²) in [6.45, 7) is 6.26. The lowest BCUT2D eigenvalue weighted by Crippen LogP contribution is -2.42. The largest absolute Gasteiger partial charge is 0.393 e. The summed E-state index contributed by atoms with van der Waals surface area (Å²) < 4.78 is 5.51. The van der Waals surface area contributed by atoms with Crippen molar-refractivity contribution in [3.63, 3.8) is 0 Å². The molecule has 1 heterocycles. The maximum absolute atomic E-state index is 9.73. The van der Waals surface area contributed by atoms with Gasteiger partial charge < -0.3 is 9.84 Å². The van der Waals surface area contributed by atoms with Gasteiger partial charge in [0, 0.05) is 13.1 Å². The minimum absolute atomic E-state index is 0.0246. The first-order chi connectivity index (χ1) is 7.25. The summed E-state index contributed by atoms with van der Waals surface area (Å²) in [7, 11) is 0. The van der Waals surface area contributed by atoms with Crippen LogP contribution in [0.4, 0.5) is 0 Å². The summed E-state index contributed by atoms with van der Waals surface area (Å²) in [6, 6.07) is 0. The monoisotopic (exact) mass is 213 g/mol.